The van der Waals surface area contributed by atoms with E-state index in [-0.39, 0.29) is 24.5 Å². The van der Waals surface area contributed by atoms with Gasteiger partial charge in [0.1, 0.15) is 6.54 Å². The number of amides is 1. The fourth-order valence-corrected chi connectivity index (χ4v) is 1.71. The van der Waals surface area contributed by atoms with Crippen molar-refractivity contribution in [3.8, 4) is 6.07 Å². The Hall–Kier alpha value is -1.86. The number of nitriles is 1. The van der Waals surface area contributed by atoms with Crippen LogP contribution in [0.5, 0.6) is 0 Å². The molecule has 1 rings (SSSR count). The van der Waals surface area contributed by atoms with Gasteiger partial charge < -0.3 is 10.6 Å². The fraction of sp³-hybridized carbons (Fsp3) is 0.467. The van der Waals surface area contributed by atoms with Gasteiger partial charge in [-0.05, 0) is 32.3 Å². The van der Waals surface area contributed by atoms with Crippen molar-refractivity contribution in [2.45, 2.75) is 32.2 Å². The van der Waals surface area contributed by atoms with E-state index in [4.69, 9.17) is 5.26 Å². The van der Waals surface area contributed by atoms with Crippen LogP contribution in [0.1, 0.15) is 25.8 Å². The molecule has 4 nitrogen and oxygen atoms in total. The van der Waals surface area contributed by atoms with E-state index in [1.165, 1.54) is 5.56 Å². The highest BCUT2D eigenvalue weighted by Crippen LogP contribution is 2.13. The van der Waals surface area contributed by atoms with Crippen LogP contribution in [0.3, 0.4) is 0 Å². The summed E-state index contributed by atoms with van der Waals surface area (Å²) < 4.78 is 0. The Kier molecular flexibility index (Phi) is 6.04. The molecule has 0 radical (unpaired) electrons. The molecule has 1 amide bonds. The summed E-state index contributed by atoms with van der Waals surface area (Å²) in [6, 6.07) is 12.2. The molecule has 0 saturated heterocycles. The first-order chi connectivity index (χ1) is 9.03. The standard InChI is InChI=1S/C15H21N3O/c1-15(2,18-12-14(19)17-11-10-16)9-8-13-6-4-3-5-7-13/h3-7,18H,8-9,11-12H2,1-2H3,(H,17,19). The minimum absolute atomic E-state index is 0.0605. The Balaban J connectivity index is 2.31. The Morgan fingerprint density at radius 2 is 2.00 bits per heavy atom. The lowest BCUT2D eigenvalue weighted by Crippen LogP contribution is -2.45. The van der Waals surface area contributed by atoms with Crippen molar-refractivity contribution in [3.63, 3.8) is 0 Å². The highest BCUT2D eigenvalue weighted by atomic mass is 16.1. The summed E-state index contributed by atoms with van der Waals surface area (Å²) in [5.74, 6) is -0.144. The molecule has 1 aromatic carbocycles. The minimum atomic E-state index is -0.144. The summed E-state index contributed by atoms with van der Waals surface area (Å²) in [4.78, 5) is 11.4. The van der Waals surface area contributed by atoms with E-state index in [2.05, 4.69) is 36.6 Å². The van der Waals surface area contributed by atoms with Gasteiger partial charge in [0.05, 0.1) is 12.6 Å². The van der Waals surface area contributed by atoms with Gasteiger partial charge in [0.2, 0.25) is 5.91 Å². The monoisotopic (exact) mass is 259 g/mol. The molecule has 0 spiro atoms. The van der Waals surface area contributed by atoms with Crippen molar-refractivity contribution in [1.29, 1.82) is 5.26 Å². The van der Waals surface area contributed by atoms with Gasteiger partial charge in [-0.15, -0.1) is 0 Å². The highest BCUT2D eigenvalue weighted by Gasteiger charge is 2.17. The number of carbonyl (C=O) groups is 1. The molecule has 0 aliphatic carbocycles. The van der Waals surface area contributed by atoms with Crippen LogP contribution in [0.25, 0.3) is 0 Å². The number of carbonyl (C=O) groups excluding carboxylic acids is 1. The zero-order valence-corrected chi connectivity index (χ0v) is 11.6. The molecule has 0 heterocycles. The summed E-state index contributed by atoms with van der Waals surface area (Å²) >= 11 is 0. The lowest BCUT2D eigenvalue weighted by molar-refractivity contribution is -0.120. The maximum atomic E-state index is 11.4. The topological polar surface area (TPSA) is 64.9 Å². The number of rotatable bonds is 7. The SMILES string of the molecule is CC(C)(CCc1ccccc1)NCC(=O)NCC#N. The Bertz CT molecular complexity index is 434. The van der Waals surface area contributed by atoms with Gasteiger partial charge in [-0.2, -0.15) is 5.26 Å². The molecule has 0 saturated carbocycles. The first-order valence-electron chi connectivity index (χ1n) is 6.46. The second-order valence-corrected chi connectivity index (χ2v) is 5.16. The molecule has 1 aromatic rings. The summed E-state index contributed by atoms with van der Waals surface area (Å²) in [6.07, 6.45) is 1.92. The van der Waals surface area contributed by atoms with E-state index in [1.54, 1.807) is 0 Å². The molecule has 0 bridgehead atoms. The first kappa shape index (κ1) is 15.2. The summed E-state index contributed by atoms with van der Waals surface area (Å²) in [5, 5.41) is 14.1. The molecule has 0 aliphatic heterocycles. The smallest absolute Gasteiger partial charge is 0.234 e. The van der Waals surface area contributed by atoms with Crippen LogP contribution in [-0.4, -0.2) is 24.5 Å². The average Bonchev–Trinajstić information content (AvgIpc) is 2.42. The van der Waals surface area contributed by atoms with E-state index in [1.807, 2.05) is 24.3 Å². The Morgan fingerprint density at radius 1 is 1.32 bits per heavy atom. The zero-order chi connectivity index (χ0) is 14.1. The van der Waals surface area contributed by atoms with E-state index >= 15 is 0 Å². The Morgan fingerprint density at radius 3 is 2.63 bits per heavy atom. The van der Waals surface area contributed by atoms with E-state index in [0.29, 0.717) is 0 Å². The van der Waals surface area contributed by atoms with Gasteiger partial charge in [-0.3, -0.25) is 4.79 Å². The largest absolute Gasteiger partial charge is 0.342 e. The number of hydrogen-bond donors (Lipinski definition) is 2. The molecule has 4 heteroatoms. The maximum Gasteiger partial charge on any atom is 0.234 e. The van der Waals surface area contributed by atoms with Gasteiger partial charge in [0, 0.05) is 5.54 Å². The van der Waals surface area contributed by atoms with Crippen LogP contribution in [0, 0.1) is 11.3 Å². The van der Waals surface area contributed by atoms with Crippen molar-refractivity contribution in [2.24, 2.45) is 0 Å². The van der Waals surface area contributed by atoms with Crippen molar-refractivity contribution < 1.29 is 4.79 Å². The van der Waals surface area contributed by atoms with Gasteiger partial charge in [-0.25, -0.2) is 0 Å². The molecular weight excluding hydrogens is 238 g/mol. The predicted molar refractivity (Wildman–Crippen MR) is 75.5 cm³/mol. The van der Waals surface area contributed by atoms with Gasteiger partial charge in [0.15, 0.2) is 0 Å². The molecule has 0 fully saturated rings. The summed E-state index contributed by atoms with van der Waals surface area (Å²) in [7, 11) is 0. The van der Waals surface area contributed by atoms with Crippen LogP contribution < -0.4 is 10.6 Å². The van der Waals surface area contributed by atoms with Crippen LogP contribution in [0.15, 0.2) is 30.3 Å². The van der Waals surface area contributed by atoms with Crippen LogP contribution >= 0.6 is 0 Å². The Labute approximate surface area is 114 Å². The van der Waals surface area contributed by atoms with E-state index in [9.17, 15) is 4.79 Å². The van der Waals surface area contributed by atoms with E-state index < -0.39 is 0 Å². The molecule has 2 N–H and O–H groups in total. The van der Waals surface area contributed by atoms with E-state index in [0.717, 1.165) is 12.8 Å². The maximum absolute atomic E-state index is 11.4. The normalized spacial score (nSPS) is 10.8. The van der Waals surface area contributed by atoms with Crippen molar-refractivity contribution in [3.05, 3.63) is 35.9 Å². The van der Waals surface area contributed by atoms with Crippen LogP contribution in [0.4, 0.5) is 0 Å². The van der Waals surface area contributed by atoms with Crippen molar-refractivity contribution in [2.75, 3.05) is 13.1 Å². The third-order valence-electron chi connectivity index (χ3n) is 2.97. The first-order valence-corrected chi connectivity index (χ1v) is 6.46. The number of hydrogen-bond acceptors (Lipinski definition) is 3. The molecule has 102 valence electrons. The van der Waals surface area contributed by atoms with Gasteiger partial charge in [0.25, 0.3) is 0 Å². The van der Waals surface area contributed by atoms with Crippen LogP contribution in [0.2, 0.25) is 0 Å². The molecule has 0 atom stereocenters. The summed E-state index contributed by atoms with van der Waals surface area (Å²) in [6.45, 7) is 4.45. The fourth-order valence-electron chi connectivity index (χ4n) is 1.71. The molecule has 0 aromatic heterocycles. The zero-order valence-electron chi connectivity index (χ0n) is 11.6. The third-order valence-corrected chi connectivity index (χ3v) is 2.97. The predicted octanol–water partition coefficient (Wildman–Crippen LogP) is 1.63. The van der Waals surface area contributed by atoms with Gasteiger partial charge >= 0.3 is 0 Å². The average molecular weight is 259 g/mol. The number of nitrogens with one attached hydrogen (secondary N) is 2. The van der Waals surface area contributed by atoms with Crippen molar-refractivity contribution >= 4 is 5.91 Å². The number of benzene rings is 1. The van der Waals surface area contributed by atoms with Gasteiger partial charge in [-0.1, -0.05) is 30.3 Å². The quantitative estimate of drug-likeness (QED) is 0.731. The number of nitrogens with zero attached hydrogens (tertiary/aromatic N) is 1. The highest BCUT2D eigenvalue weighted by molar-refractivity contribution is 5.78. The van der Waals surface area contributed by atoms with Crippen LogP contribution in [-0.2, 0) is 11.2 Å². The third kappa shape index (κ3) is 6.58. The molecule has 0 unspecified atom stereocenters. The lowest BCUT2D eigenvalue weighted by atomic mass is 9.95. The molecular formula is C15H21N3O. The second kappa shape index (κ2) is 7.55. The molecule has 19 heavy (non-hydrogen) atoms. The van der Waals surface area contributed by atoms with Crippen molar-refractivity contribution in [1.82, 2.24) is 10.6 Å². The lowest BCUT2D eigenvalue weighted by Gasteiger charge is -2.26. The number of aryl methyl sites for hydroxylation is 1. The molecule has 0 aliphatic rings. The second-order valence-electron chi connectivity index (χ2n) is 5.16. The minimum Gasteiger partial charge on any atom is -0.342 e. The summed E-state index contributed by atoms with van der Waals surface area (Å²) in [5.41, 5.74) is 1.19.